The first-order valence-electron chi connectivity index (χ1n) is 10.7. The number of amides is 1. The van der Waals surface area contributed by atoms with Gasteiger partial charge in [0.05, 0.1) is 10.6 Å². The quantitative estimate of drug-likeness (QED) is 0.312. The van der Waals surface area contributed by atoms with Gasteiger partial charge in [-0.3, -0.25) is 14.7 Å². The summed E-state index contributed by atoms with van der Waals surface area (Å²) in [6.07, 6.45) is 0.161. The van der Waals surface area contributed by atoms with E-state index in [1.165, 1.54) is 11.3 Å². The second kappa shape index (κ2) is 10.2. The lowest BCUT2D eigenvalue weighted by Gasteiger charge is -2.11. The minimum Gasteiger partial charge on any atom is -0.441 e. The molecule has 2 aromatic carbocycles. The number of nitrogens with one attached hydrogen (secondary N) is 1. The van der Waals surface area contributed by atoms with E-state index in [1.54, 1.807) is 41.8 Å². The predicted molar refractivity (Wildman–Crippen MR) is 133 cm³/mol. The molecule has 1 N–H and O–H groups in total. The summed E-state index contributed by atoms with van der Waals surface area (Å²) < 4.78 is 7.18. The minimum atomic E-state index is -0.603. The zero-order valence-electron chi connectivity index (χ0n) is 19.0. The van der Waals surface area contributed by atoms with Crippen LogP contribution in [0, 0.1) is 13.8 Å². The number of hydrogen-bond donors (Lipinski definition) is 1. The van der Waals surface area contributed by atoms with Crippen LogP contribution in [-0.4, -0.2) is 26.6 Å². The largest absolute Gasteiger partial charge is 0.441 e. The highest BCUT2D eigenvalue weighted by molar-refractivity contribution is 7.15. The van der Waals surface area contributed by atoms with E-state index in [0.29, 0.717) is 38.5 Å². The second-order valence-corrected chi connectivity index (χ2v) is 9.13. The minimum absolute atomic E-state index is 0.113. The van der Waals surface area contributed by atoms with Crippen molar-refractivity contribution in [3.8, 4) is 5.00 Å². The summed E-state index contributed by atoms with van der Waals surface area (Å²) in [6.45, 7) is 5.60. The Balaban J connectivity index is 1.62. The normalized spacial score (nSPS) is 10.8. The summed E-state index contributed by atoms with van der Waals surface area (Å²) in [7, 11) is 0. The van der Waals surface area contributed by atoms with Gasteiger partial charge in [0.1, 0.15) is 10.8 Å². The molecule has 174 valence electrons. The number of rotatable bonds is 7. The Labute approximate surface area is 206 Å². The van der Waals surface area contributed by atoms with E-state index in [0.717, 1.165) is 16.9 Å². The van der Waals surface area contributed by atoms with Gasteiger partial charge < -0.3 is 4.74 Å². The number of para-hydroxylation sites is 1. The summed E-state index contributed by atoms with van der Waals surface area (Å²) in [5, 5.41) is 12.1. The molecule has 2 aromatic heterocycles. The Hall–Kier alpha value is -3.49. The Morgan fingerprint density at radius 2 is 1.79 bits per heavy atom. The molecular formula is C25H23ClN4O3S. The summed E-state index contributed by atoms with van der Waals surface area (Å²) in [5.74, 6) is 0.805. The Morgan fingerprint density at radius 1 is 1.06 bits per heavy atom. The standard InChI is InChI=1S/C25H23ClN4O3S/c1-4-17-13-19(23(31)18-10-6-7-11-20(18)26)24(34-17)30-16(3)28-29-22(30)14-33-25(32)27-21-12-8-5-9-15(21)2/h5-13H,4,14H2,1-3H3,(H,27,32). The molecule has 1 amide bonds. The Morgan fingerprint density at radius 3 is 2.53 bits per heavy atom. The first-order valence-corrected chi connectivity index (χ1v) is 11.9. The van der Waals surface area contributed by atoms with Gasteiger partial charge in [-0.1, -0.05) is 48.9 Å². The number of nitrogens with zero attached hydrogens (tertiary/aromatic N) is 3. The lowest BCUT2D eigenvalue weighted by molar-refractivity contribution is 0.103. The van der Waals surface area contributed by atoms with Crippen molar-refractivity contribution in [1.82, 2.24) is 14.8 Å². The second-order valence-electron chi connectivity index (χ2n) is 7.61. The molecule has 0 saturated heterocycles. The highest BCUT2D eigenvalue weighted by Crippen LogP contribution is 2.32. The molecule has 0 aliphatic rings. The van der Waals surface area contributed by atoms with Crippen molar-refractivity contribution in [3.05, 3.63) is 92.8 Å². The average Bonchev–Trinajstić information content (AvgIpc) is 3.42. The SMILES string of the molecule is CCc1cc(C(=O)c2ccccc2Cl)c(-n2c(C)nnc2COC(=O)Nc2ccccc2C)s1. The Kier molecular flexibility index (Phi) is 7.09. The molecule has 0 fully saturated rings. The van der Waals surface area contributed by atoms with Crippen molar-refractivity contribution in [2.75, 3.05) is 5.32 Å². The third-order valence-corrected chi connectivity index (χ3v) is 6.88. The van der Waals surface area contributed by atoms with Crippen molar-refractivity contribution in [3.63, 3.8) is 0 Å². The summed E-state index contributed by atoms with van der Waals surface area (Å²) in [4.78, 5) is 26.8. The van der Waals surface area contributed by atoms with E-state index in [9.17, 15) is 9.59 Å². The van der Waals surface area contributed by atoms with Crippen molar-refractivity contribution in [2.45, 2.75) is 33.8 Å². The molecule has 34 heavy (non-hydrogen) atoms. The molecule has 4 aromatic rings. The number of ketones is 1. The summed E-state index contributed by atoms with van der Waals surface area (Å²) >= 11 is 7.77. The van der Waals surface area contributed by atoms with Gasteiger partial charge in [0.2, 0.25) is 0 Å². The van der Waals surface area contributed by atoms with E-state index >= 15 is 0 Å². The van der Waals surface area contributed by atoms with Crippen LogP contribution in [0.1, 0.15) is 44.9 Å². The number of anilines is 1. The maximum atomic E-state index is 13.4. The highest BCUT2D eigenvalue weighted by Gasteiger charge is 2.24. The lowest BCUT2D eigenvalue weighted by Crippen LogP contribution is -2.16. The van der Waals surface area contributed by atoms with E-state index in [-0.39, 0.29) is 12.4 Å². The number of ether oxygens (including phenoxy) is 1. The number of benzene rings is 2. The number of hydrogen-bond acceptors (Lipinski definition) is 6. The fourth-order valence-electron chi connectivity index (χ4n) is 3.48. The zero-order valence-corrected chi connectivity index (χ0v) is 20.5. The third-order valence-electron chi connectivity index (χ3n) is 5.28. The van der Waals surface area contributed by atoms with Crippen molar-refractivity contribution in [2.24, 2.45) is 0 Å². The number of carbonyl (C=O) groups is 2. The van der Waals surface area contributed by atoms with Crippen LogP contribution in [0.4, 0.5) is 10.5 Å². The molecular weight excluding hydrogens is 472 g/mol. The van der Waals surface area contributed by atoms with Crippen LogP contribution in [-0.2, 0) is 17.8 Å². The average molecular weight is 495 g/mol. The molecule has 0 saturated carbocycles. The molecule has 0 aliphatic heterocycles. The van der Waals surface area contributed by atoms with Crippen LogP contribution in [0.25, 0.3) is 5.00 Å². The van der Waals surface area contributed by atoms with E-state index in [1.807, 2.05) is 38.1 Å². The van der Waals surface area contributed by atoms with Crippen LogP contribution in [0.2, 0.25) is 5.02 Å². The molecule has 4 rings (SSSR count). The Bertz CT molecular complexity index is 1360. The maximum Gasteiger partial charge on any atom is 0.412 e. The molecule has 0 atom stereocenters. The molecule has 9 heteroatoms. The van der Waals surface area contributed by atoms with Crippen LogP contribution in [0.5, 0.6) is 0 Å². The van der Waals surface area contributed by atoms with Gasteiger partial charge in [0, 0.05) is 16.1 Å². The number of halogens is 1. The number of aryl methyl sites for hydroxylation is 3. The maximum absolute atomic E-state index is 13.4. The van der Waals surface area contributed by atoms with Crippen molar-refractivity contribution < 1.29 is 14.3 Å². The molecule has 0 aliphatic carbocycles. The fraction of sp³-hybridized carbons (Fsp3) is 0.200. The van der Waals surface area contributed by atoms with Gasteiger partial charge >= 0.3 is 6.09 Å². The van der Waals surface area contributed by atoms with Crippen molar-refractivity contribution in [1.29, 1.82) is 0 Å². The van der Waals surface area contributed by atoms with Gasteiger partial charge in [0.25, 0.3) is 0 Å². The third kappa shape index (κ3) is 4.88. The van der Waals surface area contributed by atoms with Gasteiger partial charge in [-0.25, -0.2) is 4.79 Å². The van der Waals surface area contributed by atoms with Crippen LogP contribution >= 0.6 is 22.9 Å². The number of aromatic nitrogens is 3. The van der Waals surface area contributed by atoms with Gasteiger partial charge in [0.15, 0.2) is 18.2 Å². The monoisotopic (exact) mass is 494 g/mol. The fourth-order valence-corrected chi connectivity index (χ4v) is 4.86. The molecule has 7 nitrogen and oxygen atoms in total. The highest BCUT2D eigenvalue weighted by atomic mass is 35.5. The summed E-state index contributed by atoms with van der Waals surface area (Å²) in [6, 6.07) is 16.3. The first-order chi connectivity index (χ1) is 16.4. The molecule has 2 heterocycles. The lowest BCUT2D eigenvalue weighted by atomic mass is 10.0. The number of carbonyl (C=O) groups excluding carboxylic acids is 2. The topological polar surface area (TPSA) is 86.1 Å². The smallest absolute Gasteiger partial charge is 0.412 e. The predicted octanol–water partition coefficient (Wildman–Crippen LogP) is 6.14. The van der Waals surface area contributed by atoms with Crippen LogP contribution in [0.3, 0.4) is 0 Å². The molecule has 0 spiro atoms. The van der Waals surface area contributed by atoms with Crippen LogP contribution < -0.4 is 5.32 Å². The molecule has 0 unspecified atom stereocenters. The van der Waals surface area contributed by atoms with Gasteiger partial charge in [-0.15, -0.1) is 21.5 Å². The van der Waals surface area contributed by atoms with E-state index < -0.39 is 6.09 Å². The zero-order chi connectivity index (χ0) is 24.2. The van der Waals surface area contributed by atoms with Crippen molar-refractivity contribution >= 4 is 40.5 Å². The van der Waals surface area contributed by atoms with Gasteiger partial charge in [-0.05, 0) is 50.1 Å². The van der Waals surface area contributed by atoms with E-state index in [4.69, 9.17) is 16.3 Å². The summed E-state index contributed by atoms with van der Waals surface area (Å²) in [5.41, 5.74) is 2.52. The molecule has 0 bridgehead atoms. The van der Waals surface area contributed by atoms with Crippen LogP contribution in [0.15, 0.2) is 54.6 Å². The number of thiophene rings is 1. The van der Waals surface area contributed by atoms with E-state index in [2.05, 4.69) is 15.5 Å². The first kappa shape index (κ1) is 23.7. The van der Waals surface area contributed by atoms with Gasteiger partial charge in [-0.2, -0.15) is 0 Å². The molecule has 0 radical (unpaired) electrons.